The summed E-state index contributed by atoms with van der Waals surface area (Å²) in [4.78, 5) is 29.5. The number of aryl methyl sites for hydroxylation is 1. The minimum absolute atomic E-state index is 0.0183. The highest BCUT2D eigenvalue weighted by atomic mass is 35.5. The molecule has 0 fully saturated rings. The SMILES string of the molecule is Cn1c(Cc2c(Cl)ccc(CNC(=O)C(N)C(F)(F)F)c2Cl)nc2cc(C(=O)Nc3ccc(F)c(Cl)c3)c(OCC(F)F)cc21. The Kier molecular flexibility index (Phi) is 10.4. The number of nitrogens with zero attached hydrogens (tertiary/aromatic N) is 2. The third-order valence-electron chi connectivity index (χ3n) is 6.55. The van der Waals surface area contributed by atoms with Gasteiger partial charge in [-0.05, 0) is 41.5 Å². The summed E-state index contributed by atoms with van der Waals surface area (Å²) in [7, 11) is 1.60. The molecular weight excluding hydrogens is 675 g/mol. The van der Waals surface area contributed by atoms with Crippen molar-refractivity contribution in [3.8, 4) is 5.75 Å². The lowest BCUT2D eigenvalue weighted by atomic mass is 10.1. The quantitative estimate of drug-likeness (QED) is 0.161. The highest BCUT2D eigenvalue weighted by molar-refractivity contribution is 6.36. The zero-order valence-corrected chi connectivity index (χ0v) is 25.2. The minimum atomic E-state index is -4.93. The minimum Gasteiger partial charge on any atom is -0.487 e. The number of halogens is 9. The van der Waals surface area contributed by atoms with Gasteiger partial charge in [0, 0.05) is 36.8 Å². The van der Waals surface area contributed by atoms with Gasteiger partial charge in [0.25, 0.3) is 12.3 Å². The third kappa shape index (κ3) is 7.93. The largest absolute Gasteiger partial charge is 0.487 e. The van der Waals surface area contributed by atoms with Gasteiger partial charge in [-0.25, -0.2) is 18.2 Å². The molecule has 4 N–H and O–H groups in total. The van der Waals surface area contributed by atoms with E-state index in [0.29, 0.717) is 16.9 Å². The number of benzene rings is 3. The number of aromatic nitrogens is 2. The molecule has 0 aliphatic heterocycles. The van der Waals surface area contributed by atoms with E-state index in [1.165, 1.54) is 36.4 Å². The van der Waals surface area contributed by atoms with Gasteiger partial charge in [0.15, 0.2) is 6.04 Å². The standard InChI is InChI=1S/C28H22Cl3F6N5O3/c1-42-20-9-21(45-11-22(33)34)15(26(43)40-13-3-5-18(32)17(30)6-13)7-19(20)41-23(42)8-14-16(29)4-2-12(24(14)31)10-39-27(44)25(38)28(35,36)37/h2-7,9,22,25H,8,10-11,38H2,1H3,(H,39,44)(H,40,43). The van der Waals surface area contributed by atoms with Crippen molar-refractivity contribution in [2.45, 2.75) is 31.6 Å². The van der Waals surface area contributed by atoms with Gasteiger partial charge in [-0.2, -0.15) is 13.2 Å². The fraction of sp³-hybridized carbons (Fsp3) is 0.250. The Labute approximate surface area is 266 Å². The van der Waals surface area contributed by atoms with Gasteiger partial charge in [-0.3, -0.25) is 9.59 Å². The van der Waals surface area contributed by atoms with E-state index in [1.54, 1.807) is 11.6 Å². The third-order valence-corrected chi connectivity index (χ3v) is 7.67. The Morgan fingerprint density at radius 2 is 1.78 bits per heavy atom. The molecule has 4 rings (SSSR count). The maximum absolute atomic E-state index is 13.6. The molecule has 2 amide bonds. The van der Waals surface area contributed by atoms with Gasteiger partial charge in [0.05, 0.1) is 26.6 Å². The molecule has 1 unspecified atom stereocenters. The van der Waals surface area contributed by atoms with Crippen LogP contribution in [0.15, 0.2) is 42.5 Å². The first kappa shape index (κ1) is 34.2. The van der Waals surface area contributed by atoms with Crippen molar-refractivity contribution in [2.75, 3.05) is 11.9 Å². The van der Waals surface area contributed by atoms with Gasteiger partial charge < -0.3 is 25.7 Å². The summed E-state index contributed by atoms with van der Waals surface area (Å²) in [5, 5.41) is 4.59. The molecular formula is C28H22Cl3F6N5O3. The van der Waals surface area contributed by atoms with Crippen LogP contribution in [0.4, 0.5) is 32.0 Å². The van der Waals surface area contributed by atoms with Crippen LogP contribution in [-0.4, -0.2) is 46.6 Å². The van der Waals surface area contributed by atoms with E-state index in [-0.39, 0.29) is 56.1 Å². The molecule has 0 bridgehead atoms. The molecule has 0 saturated heterocycles. The van der Waals surface area contributed by atoms with E-state index >= 15 is 0 Å². The van der Waals surface area contributed by atoms with E-state index < -0.39 is 42.9 Å². The number of amides is 2. The number of ether oxygens (including phenoxy) is 1. The highest BCUT2D eigenvalue weighted by Crippen LogP contribution is 2.33. The van der Waals surface area contributed by atoms with Crippen molar-refractivity contribution in [3.05, 3.63) is 85.9 Å². The smallest absolute Gasteiger partial charge is 0.412 e. The number of fused-ring (bicyclic) bond motifs is 1. The Balaban J connectivity index is 1.66. The van der Waals surface area contributed by atoms with Gasteiger partial charge in [0.1, 0.15) is 24.0 Å². The van der Waals surface area contributed by atoms with Crippen LogP contribution in [0.25, 0.3) is 11.0 Å². The summed E-state index contributed by atoms with van der Waals surface area (Å²) in [5.41, 5.74) is 6.13. The number of nitrogens with two attached hydrogens (primary N) is 1. The van der Waals surface area contributed by atoms with Crippen LogP contribution in [-0.2, 0) is 24.8 Å². The molecule has 240 valence electrons. The van der Waals surface area contributed by atoms with Crippen molar-refractivity contribution < 1.29 is 40.7 Å². The van der Waals surface area contributed by atoms with Gasteiger partial charge in [-0.15, -0.1) is 0 Å². The van der Waals surface area contributed by atoms with E-state index in [0.717, 1.165) is 6.07 Å². The second-order valence-corrected chi connectivity index (χ2v) is 10.8. The molecule has 1 atom stereocenters. The number of hydrogen-bond acceptors (Lipinski definition) is 5. The molecule has 3 aromatic carbocycles. The zero-order valence-electron chi connectivity index (χ0n) is 22.9. The summed E-state index contributed by atoms with van der Waals surface area (Å²) in [6.07, 6.45) is -7.80. The molecule has 0 saturated carbocycles. The maximum Gasteiger partial charge on any atom is 0.412 e. The Morgan fingerprint density at radius 3 is 2.42 bits per heavy atom. The van der Waals surface area contributed by atoms with Crippen LogP contribution in [0.5, 0.6) is 5.75 Å². The average Bonchev–Trinajstić information content (AvgIpc) is 3.27. The van der Waals surface area contributed by atoms with Crippen molar-refractivity contribution in [1.82, 2.24) is 14.9 Å². The molecule has 0 spiro atoms. The van der Waals surface area contributed by atoms with Crippen molar-refractivity contribution in [3.63, 3.8) is 0 Å². The molecule has 0 radical (unpaired) electrons. The average molecular weight is 697 g/mol. The first-order valence-corrected chi connectivity index (χ1v) is 13.9. The topological polar surface area (TPSA) is 111 Å². The highest BCUT2D eigenvalue weighted by Gasteiger charge is 2.41. The Bertz CT molecular complexity index is 1770. The second kappa shape index (κ2) is 13.7. The predicted molar refractivity (Wildman–Crippen MR) is 157 cm³/mol. The molecule has 1 heterocycles. The zero-order chi connectivity index (χ0) is 33.2. The summed E-state index contributed by atoms with van der Waals surface area (Å²) in [6.45, 7) is -1.39. The number of alkyl halides is 5. The van der Waals surface area contributed by atoms with E-state index in [2.05, 4.69) is 15.6 Å². The van der Waals surface area contributed by atoms with Crippen molar-refractivity contribution in [2.24, 2.45) is 12.8 Å². The van der Waals surface area contributed by atoms with Crippen molar-refractivity contribution in [1.29, 1.82) is 0 Å². The number of imidazole rings is 1. The van der Waals surface area contributed by atoms with Crippen LogP contribution in [0.1, 0.15) is 27.3 Å². The maximum atomic E-state index is 13.6. The number of anilines is 1. The lowest BCUT2D eigenvalue weighted by Gasteiger charge is -2.16. The fourth-order valence-corrected chi connectivity index (χ4v) is 4.94. The first-order valence-electron chi connectivity index (χ1n) is 12.8. The summed E-state index contributed by atoms with van der Waals surface area (Å²) in [5.74, 6) is -2.77. The summed E-state index contributed by atoms with van der Waals surface area (Å²) >= 11 is 18.7. The van der Waals surface area contributed by atoms with Crippen LogP contribution < -0.4 is 21.1 Å². The summed E-state index contributed by atoms with van der Waals surface area (Å²) < 4.78 is 84.7. The van der Waals surface area contributed by atoms with Crippen LogP contribution in [0.2, 0.25) is 15.1 Å². The van der Waals surface area contributed by atoms with Gasteiger partial charge >= 0.3 is 6.18 Å². The normalized spacial score (nSPS) is 12.4. The summed E-state index contributed by atoms with van der Waals surface area (Å²) in [6, 6.07) is 6.27. The Hall–Kier alpha value is -3.72. The lowest BCUT2D eigenvalue weighted by molar-refractivity contribution is -0.162. The second-order valence-electron chi connectivity index (χ2n) is 9.62. The van der Waals surface area contributed by atoms with E-state index in [4.69, 9.17) is 45.3 Å². The van der Waals surface area contributed by atoms with Crippen LogP contribution in [0, 0.1) is 5.82 Å². The van der Waals surface area contributed by atoms with Gasteiger partial charge in [-0.1, -0.05) is 40.9 Å². The molecule has 0 aliphatic carbocycles. The van der Waals surface area contributed by atoms with Gasteiger partial charge in [0.2, 0.25) is 5.91 Å². The van der Waals surface area contributed by atoms with E-state index in [9.17, 15) is 35.9 Å². The molecule has 17 heteroatoms. The van der Waals surface area contributed by atoms with Crippen LogP contribution >= 0.6 is 34.8 Å². The first-order chi connectivity index (χ1) is 21.1. The number of carbonyl (C=O) groups is 2. The number of rotatable bonds is 10. The number of nitrogens with one attached hydrogen (secondary N) is 2. The molecule has 8 nitrogen and oxygen atoms in total. The molecule has 4 aromatic rings. The number of carbonyl (C=O) groups excluding carboxylic acids is 2. The number of hydrogen-bond donors (Lipinski definition) is 3. The van der Waals surface area contributed by atoms with Crippen LogP contribution in [0.3, 0.4) is 0 Å². The predicted octanol–water partition coefficient (Wildman–Crippen LogP) is 6.67. The molecule has 1 aromatic heterocycles. The molecule has 45 heavy (non-hydrogen) atoms. The Morgan fingerprint density at radius 1 is 1.07 bits per heavy atom. The van der Waals surface area contributed by atoms with E-state index in [1.807, 2.05) is 0 Å². The lowest BCUT2D eigenvalue weighted by Crippen LogP contribution is -2.49. The monoisotopic (exact) mass is 695 g/mol. The fourth-order valence-electron chi connectivity index (χ4n) is 4.19. The molecule has 0 aliphatic rings. The van der Waals surface area contributed by atoms with Crippen molar-refractivity contribution >= 4 is 63.3 Å².